The standard InChI is InChI=1S/C7H16O3.ClH/c1-7(2,3)10-5-6(9)4-8;/h6,8-9H,4-5H2,1-3H3;1H. The first-order valence-electron chi connectivity index (χ1n) is 3.38. The lowest BCUT2D eigenvalue weighted by Crippen LogP contribution is -2.27. The summed E-state index contributed by atoms with van der Waals surface area (Å²) in [5, 5.41) is 17.2. The van der Waals surface area contributed by atoms with Crippen molar-refractivity contribution in [2.45, 2.75) is 32.5 Å². The molecule has 0 spiro atoms. The van der Waals surface area contributed by atoms with Crippen molar-refractivity contribution in [3.63, 3.8) is 0 Å². The van der Waals surface area contributed by atoms with Crippen molar-refractivity contribution in [2.75, 3.05) is 13.2 Å². The Morgan fingerprint density at radius 2 is 1.82 bits per heavy atom. The van der Waals surface area contributed by atoms with Crippen LogP contribution in [0.2, 0.25) is 0 Å². The normalized spacial score (nSPS) is 13.9. The molecule has 0 amide bonds. The molecule has 0 saturated carbocycles. The summed E-state index contributed by atoms with van der Waals surface area (Å²) in [5.41, 5.74) is -0.240. The zero-order valence-corrected chi connectivity index (χ0v) is 8.02. The Labute approximate surface area is 73.8 Å². The zero-order valence-electron chi connectivity index (χ0n) is 7.20. The fraction of sp³-hybridized carbons (Fsp3) is 1.00. The molecular formula is C7H17ClO3. The number of aliphatic hydroxyl groups excluding tert-OH is 2. The summed E-state index contributed by atoms with van der Waals surface area (Å²) in [4.78, 5) is 0. The first-order chi connectivity index (χ1) is 4.45. The molecule has 0 fully saturated rings. The summed E-state index contributed by atoms with van der Waals surface area (Å²) in [7, 11) is 0. The molecular weight excluding hydrogens is 168 g/mol. The van der Waals surface area contributed by atoms with E-state index in [4.69, 9.17) is 14.9 Å². The van der Waals surface area contributed by atoms with Gasteiger partial charge in [-0.25, -0.2) is 0 Å². The van der Waals surface area contributed by atoms with Gasteiger partial charge in [0.05, 0.1) is 18.8 Å². The van der Waals surface area contributed by atoms with E-state index in [-0.39, 0.29) is 31.2 Å². The minimum atomic E-state index is -0.751. The Balaban J connectivity index is 0. The third-order valence-corrected chi connectivity index (χ3v) is 0.919. The van der Waals surface area contributed by atoms with Gasteiger partial charge in [0.2, 0.25) is 0 Å². The minimum absolute atomic E-state index is 0. The average molecular weight is 185 g/mol. The van der Waals surface area contributed by atoms with E-state index >= 15 is 0 Å². The van der Waals surface area contributed by atoms with Gasteiger partial charge in [0.25, 0.3) is 0 Å². The molecule has 11 heavy (non-hydrogen) atoms. The van der Waals surface area contributed by atoms with E-state index < -0.39 is 6.10 Å². The van der Waals surface area contributed by atoms with Gasteiger partial charge in [-0.05, 0) is 20.8 Å². The fourth-order valence-corrected chi connectivity index (χ4v) is 0.399. The lowest BCUT2D eigenvalue weighted by molar-refractivity contribution is -0.0613. The summed E-state index contributed by atoms with van der Waals surface area (Å²) >= 11 is 0. The first kappa shape index (κ1) is 13.7. The van der Waals surface area contributed by atoms with Crippen LogP contribution in [0.15, 0.2) is 0 Å². The van der Waals surface area contributed by atoms with E-state index in [2.05, 4.69) is 0 Å². The Morgan fingerprint density at radius 3 is 2.09 bits per heavy atom. The molecule has 70 valence electrons. The predicted octanol–water partition coefficient (Wildman–Crippen LogP) is 0.576. The van der Waals surface area contributed by atoms with Crippen molar-refractivity contribution in [3.8, 4) is 0 Å². The van der Waals surface area contributed by atoms with E-state index in [0.29, 0.717) is 0 Å². The molecule has 4 heteroatoms. The highest BCUT2D eigenvalue weighted by Gasteiger charge is 2.12. The van der Waals surface area contributed by atoms with Crippen molar-refractivity contribution in [1.29, 1.82) is 0 Å². The maximum absolute atomic E-state index is 8.85. The van der Waals surface area contributed by atoms with E-state index in [1.165, 1.54) is 0 Å². The second kappa shape index (κ2) is 5.77. The van der Waals surface area contributed by atoms with Crippen LogP contribution in [0, 0.1) is 0 Å². The number of rotatable bonds is 3. The van der Waals surface area contributed by atoms with Crippen LogP contribution in [0.5, 0.6) is 0 Å². The van der Waals surface area contributed by atoms with Crippen molar-refractivity contribution in [2.24, 2.45) is 0 Å². The van der Waals surface area contributed by atoms with Gasteiger partial charge in [0.1, 0.15) is 6.10 Å². The van der Waals surface area contributed by atoms with Crippen molar-refractivity contribution in [3.05, 3.63) is 0 Å². The van der Waals surface area contributed by atoms with Crippen LogP contribution in [0.1, 0.15) is 20.8 Å². The molecule has 0 aliphatic heterocycles. The molecule has 0 rings (SSSR count). The summed E-state index contributed by atoms with van der Waals surface area (Å²) in [6.45, 7) is 5.65. The number of hydrogen-bond acceptors (Lipinski definition) is 3. The molecule has 0 aliphatic rings. The minimum Gasteiger partial charge on any atom is -0.394 e. The van der Waals surface area contributed by atoms with Gasteiger partial charge in [-0.1, -0.05) is 0 Å². The average Bonchev–Trinajstić information content (AvgIpc) is 1.81. The first-order valence-corrected chi connectivity index (χ1v) is 3.38. The molecule has 0 aromatic heterocycles. The van der Waals surface area contributed by atoms with E-state index in [9.17, 15) is 0 Å². The molecule has 1 unspecified atom stereocenters. The smallest absolute Gasteiger partial charge is 0.100 e. The quantitative estimate of drug-likeness (QED) is 0.675. The van der Waals surface area contributed by atoms with E-state index in [1.807, 2.05) is 20.8 Å². The Hall–Kier alpha value is 0.170. The Bertz CT molecular complexity index is 90.2. The summed E-state index contributed by atoms with van der Waals surface area (Å²) in [6.07, 6.45) is -0.751. The maximum atomic E-state index is 8.85. The highest BCUT2D eigenvalue weighted by Crippen LogP contribution is 2.06. The summed E-state index contributed by atoms with van der Waals surface area (Å²) < 4.78 is 5.17. The van der Waals surface area contributed by atoms with Crippen molar-refractivity contribution in [1.82, 2.24) is 0 Å². The third-order valence-electron chi connectivity index (χ3n) is 0.919. The van der Waals surface area contributed by atoms with Gasteiger partial charge in [-0.15, -0.1) is 12.4 Å². The van der Waals surface area contributed by atoms with Crippen LogP contribution < -0.4 is 0 Å². The monoisotopic (exact) mass is 184 g/mol. The lowest BCUT2D eigenvalue weighted by Gasteiger charge is -2.20. The molecule has 3 nitrogen and oxygen atoms in total. The van der Waals surface area contributed by atoms with Gasteiger partial charge in [-0.3, -0.25) is 0 Å². The van der Waals surface area contributed by atoms with E-state index in [0.717, 1.165) is 0 Å². The van der Waals surface area contributed by atoms with Gasteiger partial charge >= 0.3 is 0 Å². The van der Waals surface area contributed by atoms with Gasteiger partial charge in [0, 0.05) is 0 Å². The second-order valence-corrected chi connectivity index (χ2v) is 3.26. The number of hydrogen-bond donors (Lipinski definition) is 2. The molecule has 0 bridgehead atoms. The molecule has 1 atom stereocenters. The maximum Gasteiger partial charge on any atom is 0.100 e. The van der Waals surface area contributed by atoms with Crippen molar-refractivity contribution < 1.29 is 14.9 Å². The number of halogens is 1. The summed E-state index contributed by atoms with van der Waals surface area (Å²) in [5.74, 6) is 0. The lowest BCUT2D eigenvalue weighted by atomic mass is 10.2. The Morgan fingerprint density at radius 1 is 1.36 bits per heavy atom. The predicted molar refractivity (Wildman–Crippen MR) is 46.0 cm³/mol. The van der Waals surface area contributed by atoms with Gasteiger partial charge in [-0.2, -0.15) is 0 Å². The highest BCUT2D eigenvalue weighted by molar-refractivity contribution is 5.85. The number of aliphatic hydroxyl groups is 2. The van der Waals surface area contributed by atoms with Gasteiger partial charge in [0.15, 0.2) is 0 Å². The largest absolute Gasteiger partial charge is 0.394 e. The second-order valence-electron chi connectivity index (χ2n) is 3.26. The third kappa shape index (κ3) is 10.2. The van der Waals surface area contributed by atoms with Crippen LogP contribution in [0.25, 0.3) is 0 Å². The highest BCUT2D eigenvalue weighted by atomic mass is 35.5. The molecule has 0 radical (unpaired) electrons. The van der Waals surface area contributed by atoms with Crippen LogP contribution in [-0.2, 0) is 4.74 Å². The van der Waals surface area contributed by atoms with Crippen LogP contribution in [0.3, 0.4) is 0 Å². The molecule has 0 aromatic rings. The summed E-state index contributed by atoms with van der Waals surface area (Å²) in [6, 6.07) is 0. The topological polar surface area (TPSA) is 49.7 Å². The van der Waals surface area contributed by atoms with E-state index in [1.54, 1.807) is 0 Å². The molecule has 0 aromatic carbocycles. The fourth-order valence-electron chi connectivity index (χ4n) is 0.399. The van der Waals surface area contributed by atoms with Crippen LogP contribution in [-0.4, -0.2) is 35.1 Å². The van der Waals surface area contributed by atoms with Crippen LogP contribution >= 0.6 is 12.4 Å². The zero-order chi connectivity index (χ0) is 8.20. The Kier molecular flexibility index (Phi) is 7.21. The molecule has 0 heterocycles. The SMILES string of the molecule is CC(C)(C)OCC(O)CO.Cl. The number of ether oxygens (including phenoxy) is 1. The molecule has 0 aliphatic carbocycles. The molecule has 2 N–H and O–H groups in total. The molecule has 0 saturated heterocycles. The van der Waals surface area contributed by atoms with Gasteiger partial charge < -0.3 is 14.9 Å². The van der Waals surface area contributed by atoms with Crippen molar-refractivity contribution >= 4 is 12.4 Å². The van der Waals surface area contributed by atoms with Crippen LogP contribution in [0.4, 0.5) is 0 Å².